The van der Waals surface area contributed by atoms with Crippen LogP contribution in [0.15, 0.2) is 11.0 Å². The Morgan fingerprint density at radius 2 is 2.17 bits per heavy atom. The Bertz CT molecular complexity index is 738. The van der Waals surface area contributed by atoms with E-state index in [4.69, 9.17) is 20.9 Å². The average molecular weight is 324 g/mol. The number of nitrogens with one attached hydrogen (secondary N) is 1. The molecule has 0 saturated carbocycles. The molecule has 0 bridgehead atoms. The highest BCUT2D eigenvalue weighted by atomic mass is 16.6. The van der Waals surface area contributed by atoms with E-state index in [0.29, 0.717) is 11.2 Å². The molecule has 1 atom stereocenters. The molecule has 2 aromatic rings. The van der Waals surface area contributed by atoms with Gasteiger partial charge in [0.15, 0.2) is 5.65 Å². The molecule has 0 fully saturated rings. The zero-order valence-electron chi connectivity index (χ0n) is 13.0. The zero-order valence-corrected chi connectivity index (χ0v) is 13.0. The molecule has 0 spiro atoms. The fourth-order valence-electron chi connectivity index (χ4n) is 1.80. The van der Waals surface area contributed by atoms with Gasteiger partial charge in [-0.2, -0.15) is 14.6 Å². The molecule has 2 heterocycles. The van der Waals surface area contributed by atoms with E-state index in [2.05, 4.69) is 15.1 Å². The topological polar surface area (TPSA) is 151 Å². The minimum Gasteiger partial charge on any atom is -0.462 e. The monoisotopic (exact) mass is 324 g/mol. The van der Waals surface area contributed by atoms with E-state index in [1.807, 2.05) is 13.8 Å². The van der Waals surface area contributed by atoms with E-state index < -0.39 is 17.7 Å². The third-order valence-corrected chi connectivity index (χ3v) is 3.19. The first kappa shape index (κ1) is 16.9. The van der Waals surface area contributed by atoms with Crippen molar-refractivity contribution in [3.63, 3.8) is 0 Å². The predicted octanol–water partition coefficient (Wildman–Crippen LogP) is -0.957. The number of anilines is 1. The highest BCUT2D eigenvalue weighted by Crippen LogP contribution is 2.08. The summed E-state index contributed by atoms with van der Waals surface area (Å²) in [5.74, 6) is -0.446. The van der Waals surface area contributed by atoms with Crippen molar-refractivity contribution in [1.29, 1.82) is 0 Å². The van der Waals surface area contributed by atoms with Crippen molar-refractivity contribution in [2.45, 2.75) is 26.5 Å². The number of hydrogen-bond donors (Lipinski definition) is 3. The first-order chi connectivity index (χ1) is 10.9. The van der Waals surface area contributed by atoms with Gasteiger partial charge in [0.1, 0.15) is 12.6 Å². The van der Waals surface area contributed by atoms with Crippen molar-refractivity contribution < 1.29 is 14.3 Å². The van der Waals surface area contributed by atoms with Gasteiger partial charge < -0.3 is 20.9 Å². The number of nitrogens with two attached hydrogens (primary N) is 2. The maximum atomic E-state index is 11.6. The van der Waals surface area contributed by atoms with Crippen LogP contribution in [-0.4, -0.2) is 44.8 Å². The number of carbonyl (C=O) groups is 1. The average Bonchev–Trinajstić information content (AvgIpc) is 2.89. The van der Waals surface area contributed by atoms with Crippen molar-refractivity contribution in [3.8, 4) is 0 Å². The van der Waals surface area contributed by atoms with Gasteiger partial charge in [0.2, 0.25) is 5.95 Å². The molecule has 2 aromatic heterocycles. The van der Waals surface area contributed by atoms with Crippen LogP contribution in [0.5, 0.6) is 0 Å². The summed E-state index contributed by atoms with van der Waals surface area (Å²) < 4.78 is 11.5. The minimum absolute atomic E-state index is 0.000790. The van der Waals surface area contributed by atoms with Crippen molar-refractivity contribution >= 4 is 17.6 Å². The first-order valence-electron chi connectivity index (χ1n) is 7.12. The summed E-state index contributed by atoms with van der Waals surface area (Å²) in [6.07, 6.45) is 1.47. The molecule has 0 saturated heterocycles. The maximum Gasteiger partial charge on any atom is 0.350 e. The first-order valence-corrected chi connectivity index (χ1v) is 7.12. The second-order valence-corrected chi connectivity index (χ2v) is 5.32. The number of aromatic amines is 1. The van der Waals surface area contributed by atoms with Crippen LogP contribution in [0.3, 0.4) is 0 Å². The third kappa shape index (κ3) is 4.05. The number of rotatable bonds is 7. The van der Waals surface area contributed by atoms with Crippen molar-refractivity contribution in [3.05, 3.63) is 22.2 Å². The highest BCUT2D eigenvalue weighted by Gasteiger charge is 2.18. The lowest BCUT2D eigenvalue weighted by molar-refractivity contribution is -0.147. The van der Waals surface area contributed by atoms with Crippen LogP contribution >= 0.6 is 0 Å². The van der Waals surface area contributed by atoms with Gasteiger partial charge in [-0.25, -0.2) is 4.79 Å². The standard InChI is InChI=1S/C13H20N6O4/c1-7(2)9(14)11(20)23-4-3-22-6-8-5-16-19-10(8)17-12(15)18-13(19)21/h5,7,9H,3-4,6,14H2,1-2H3,(H3,15,17,18,21). The molecular formula is C13H20N6O4. The number of aromatic nitrogens is 4. The lowest BCUT2D eigenvalue weighted by atomic mass is 10.1. The van der Waals surface area contributed by atoms with Crippen LogP contribution in [0.2, 0.25) is 0 Å². The van der Waals surface area contributed by atoms with Crippen molar-refractivity contribution in [2.24, 2.45) is 11.7 Å². The summed E-state index contributed by atoms with van der Waals surface area (Å²) in [5, 5.41) is 3.90. The molecular weight excluding hydrogens is 304 g/mol. The van der Waals surface area contributed by atoms with E-state index in [0.717, 1.165) is 4.52 Å². The van der Waals surface area contributed by atoms with Crippen LogP contribution < -0.4 is 17.2 Å². The van der Waals surface area contributed by atoms with Gasteiger partial charge >= 0.3 is 11.7 Å². The van der Waals surface area contributed by atoms with Gasteiger partial charge in [0.25, 0.3) is 0 Å². The number of hydrogen-bond acceptors (Lipinski definition) is 8. The number of nitrogens with zero attached hydrogens (tertiary/aromatic N) is 3. The lowest BCUT2D eigenvalue weighted by Gasteiger charge is -2.14. The Labute approximate surface area is 131 Å². The van der Waals surface area contributed by atoms with E-state index in [9.17, 15) is 9.59 Å². The van der Waals surface area contributed by atoms with Crippen molar-refractivity contribution in [2.75, 3.05) is 18.9 Å². The van der Waals surface area contributed by atoms with E-state index in [-0.39, 0.29) is 31.7 Å². The quantitative estimate of drug-likeness (QED) is 0.435. The van der Waals surface area contributed by atoms with Crippen LogP contribution in [0.25, 0.3) is 5.65 Å². The number of H-pyrrole nitrogens is 1. The molecule has 0 radical (unpaired) electrons. The van der Waals surface area contributed by atoms with Crippen LogP contribution in [0.1, 0.15) is 19.4 Å². The van der Waals surface area contributed by atoms with Gasteiger partial charge in [-0.15, -0.1) is 0 Å². The summed E-state index contributed by atoms with van der Waals surface area (Å²) >= 11 is 0. The number of carbonyl (C=O) groups excluding carboxylic acids is 1. The van der Waals surface area contributed by atoms with Gasteiger partial charge in [0.05, 0.1) is 19.4 Å². The molecule has 2 rings (SSSR count). The predicted molar refractivity (Wildman–Crippen MR) is 81.4 cm³/mol. The Hall–Kier alpha value is -2.46. The van der Waals surface area contributed by atoms with E-state index >= 15 is 0 Å². The Balaban J connectivity index is 1.84. The van der Waals surface area contributed by atoms with Gasteiger partial charge in [-0.05, 0) is 5.92 Å². The fourth-order valence-corrected chi connectivity index (χ4v) is 1.80. The molecule has 5 N–H and O–H groups in total. The molecule has 10 heteroatoms. The SMILES string of the molecule is CC(C)C(N)C(=O)OCCOCc1cnn2c(=O)[nH]c(N)nc12. The van der Waals surface area contributed by atoms with Crippen LogP contribution in [0, 0.1) is 5.92 Å². The van der Waals surface area contributed by atoms with Gasteiger partial charge in [-0.3, -0.25) is 9.78 Å². The molecule has 0 aliphatic carbocycles. The lowest BCUT2D eigenvalue weighted by Crippen LogP contribution is -2.37. The second-order valence-electron chi connectivity index (χ2n) is 5.32. The second kappa shape index (κ2) is 7.20. The molecule has 126 valence electrons. The normalized spacial score (nSPS) is 12.7. The number of nitrogen functional groups attached to an aromatic ring is 1. The molecule has 1 unspecified atom stereocenters. The number of esters is 1. The summed E-state index contributed by atoms with van der Waals surface area (Å²) in [5.41, 5.74) is 11.6. The Morgan fingerprint density at radius 1 is 1.43 bits per heavy atom. The maximum absolute atomic E-state index is 11.6. The molecule has 0 aromatic carbocycles. The van der Waals surface area contributed by atoms with E-state index in [1.165, 1.54) is 6.20 Å². The Kier molecular flexibility index (Phi) is 5.29. The molecule has 10 nitrogen and oxygen atoms in total. The fraction of sp³-hybridized carbons (Fsp3) is 0.538. The number of ether oxygens (including phenoxy) is 2. The molecule has 0 aliphatic rings. The van der Waals surface area contributed by atoms with E-state index in [1.54, 1.807) is 0 Å². The summed E-state index contributed by atoms with van der Waals surface area (Å²) in [4.78, 5) is 29.5. The molecule has 23 heavy (non-hydrogen) atoms. The summed E-state index contributed by atoms with van der Waals surface area (Å²) in [6, 6.07) is -0.645. The summed E-state index contributed by atoms with van der Waals surface area (Å²) in [7, 11) is 0. The van der Waals surface area contributed by atoms with Crippen molar-refractivity contribution in [1.82, 2.24) is 19.6 Å². The molecule has 0 amide bonds. The van der Waals surface area contributed by atoms with Gasteiger partial charge in [-0.1, -0.05) is 13.8 Å². The zero-order chi connectivity index (χ0) is 17.0. The minimum atomic E-state index is -0.645. The smallest absolute Gasteiger partial charge is 0.350 e. The third-order valence-electron chi connectivity index (χ3n) is 3.19. The highest BCUT2D eigenvalue weighted by molar-refractivity contribution is 5.75. The van der Waals surface area contributed by atoms with Crippen LogP contribution in [-0.2, 0) is 20.9 Å². The summed E-state index contributed by atoms with van der Waals surface area (Å²) in [6.45, 7) is 4.12. The van der Waals surface area contributed by atoms with Crippen LogP contribution in [0.4, 0.5) is 5.95 Å². The van der Waals surface area contributed by atoms with Gasteiger partial charge in [0, 0.05) is 5.56 Å². The molecule has 0 aliphatic heterocycles. The number of fused-ring (bicyclic) bond motifs is 1. The largest absolute Gasteiger partial charge is 0.462 e. The Morgan fingerprint density at radius 3 is 2.87 bits per heavy atom.